The van der Waals surface area contributed by atoms with E-state index < -0.39 is 26.5 Å². The molecule has 0 N–H and O–H groups in total. The van der Waals surface area contributed by atoms with Crippen molar-refractivity contribution >= 4 is 19.8 Å². The van der Waals surface area contributed by atoms with Crippen LogP contribution in [0, 0.1) is 0 Å². The fraction of sp³-hybridized carbons (Fsp3) is 0.833. The summed E-state index contributed by atoms with van der Waals surface area (Å²) >= 11 is 0. The Morgan fingerprint density at radius 2 is 0.695 bits per heavy atom. The summed E-state index contributed by atoms with van der Waals surface area (Å²) < 4.78 is 34.3. The molecule has 480 valence electrons. The summed E-state index contributed by atoms with van der Waals surface area (Å²) in [5.74, 6) is -0.822. The lowest BCUT2D eigenvalue weighted by Crippen LogP contribution is -2.37. The summed E-state index contributed by atoms with van der Waals surface area (Å²) in [6, 6.07) is 0. The van der Waals surface area contributed by atoms with Crippen molar-refractivity contribution in [2.45, 2.75) is 341 Å². The number of ether oxygens (including phenoxy) is 2. The summed E-state index contributed by atoms with van der Waals surface area (Å²) in [5.41, 5.74) is 0. The van der Waals surface area contributed by atoms with E-state index in [1.807, 2.05) is 21.1 Å². The maximum atomic E-state index is 12.9. The average Bonchev–Trinajstić information content (AvgIpc) is 3.46. The van der Waals surface area contributed by atoms with Crippen molar-refractivity contribution in [3.8, 4) is 0 Å². The Bertz CT molecular complexity index is 1570. The van der Waals surface area contributed by atoms with Crippen molar-refractivity contribution in [3.63, 3.8) is 0 Å². The Labute approximate surface area is 508 Å². The van der Waals surface area contributed by atoms with Gasteiger partial charge in [0.05, 0.1) is 27.7 Å². The van der Waals surface area contributed by atoms with Gasteiger partial charge in [0.2, 0.25) is 0 Å². The normalized spacial score (nSPS) is 13.5. The second kappa shape index (κ2) is 63.2. The number of likely N-dealkylation sites (N-methyl/N-ethyl adjacent to an activating group) is 1. The van der Waals surface area contributed by atoms with Crippen LogP contribution >= 0.6 is 7.82 Å². The van der Waals surface area contributed by atoms with E-state index in [0.29, 0.717) is 17.4 Å². The van der Waals surface area contributed by atoms with E-state index in [-0.39, 0.29) is 32.0 Å². The van der Waals surface area contributed by atoms with Crippen LogP contribution in [0.1, 0.15) is 335 Å². The zero-order valence-electron chi connectivity index (χ0n) is 54.7. The first-order valence-electron chi connectivity index (χ1n) is 35.0. The minimum Gasteiger partial charge on any atom is -0.756 e. The predicted octanol–water partition coefficient (Wildman–Crippen LogP) is 22.0. The van der Waals surface area contributed by atoms with Crippen molar-refractivity contribution in [3.05, 3.63) is 60.8 Å². The minimum atomic E-state index is -4.64. The van der Waals surface area contributed by atoms with Gasteiger partial charge in [-0.3, -0.25) is 14.2 Å². The van der Waals surface area contributed by atoms with E-state index in [0.717, 1.165) is 77.0 Å². The lowest BCUT2D eigenvalue weighted by Gasteiger charge is -2.28. The average molecular weight is 1170 g/mol. The molecule has 0 saturated heterocycles. The summed E-state index contributed by atoms with van der Waals surface area (Å²) in [4.78, 5) is 38.1. The molecule has 0 aliphatic heterocycles. The molecule has 0 aliphatic carbocycles. The predicted molar refractivity (Wildman–Crippen MR) is 351 cm³/mol. The number of carbonyl (C=O) groups is 2. The molecule has 0 aliphatic rings. The van der Waals surface area contributed by atoms with Gasteiger partial charge in [0.15, 0.2) is 6.10 Å². The summed E-state index contributed by atoms with van der Waals surface area (Å²) in [6.07, 6.45) is 83.1. The molecule has 0 heterocycles. The van der Waals surface area contributed by atoms with E-state index in [4.69, 9.17) is 18.5 Å². The number of hydrogen-bond acceptors (Lipinski definition) is 8. The Morgan fingerprint density at radius 3 is 1.04 bits per heavy atom. The Morgan fingerprint density at radius 1 is 0.390 bits per heavy atom. The van der Waals surface area contributed by atoms with Crippen LogP contribution in [0.25, 0.3) is 0 Å². The Kier molecular flexibility index (Phi) is 61.5. The van der Waals surface area contributed by atoms with Crippen molar-refractivity contribution in [1.82, 2.24) is 0 Å². The Balaban J connectivity index is 4.01. The van der Waals surface area contributed by atoms with Gasteiger partial charge < -0.3 is 27.9 Å². The van der Waals surface area contributed by atoms with Crippen molar-refractivity contribution < 1.29 is 42.1 Å². The standard InChI is InChI=1S/C72H134NO8P/c1-6-8-10-12-14-16-18-20-22-24-26-28-30-32-34-35-36-37-39-40-42-44-46-48-50-52-54-56-58-60-62-64-71(74)78-68-70(69-80-82(76,77)79-67-66-73(3,4)5)81-72(75)65-63-61-59-57-55-53-51-49-47-45-43-41-38-33-31-29-27-25-23-21-19-17-15-13-11-9-7-2/h9,11,15,17,21,23,27,29,33,38,70H,6-8,10,12-14,16,18-20,22,24-26,28,30-32,34-37,39-69H2,1-5H3/b11-9-,17-15-,23-21-,29-27-,38-33-. The topological polar surface area (TPSA) is 111 Å². The zero-order chi connectivity index (χ0) is 59.8. The lowest BCUT2D eigenvalue weighted by atomic mass is 10.0. The van der Waals surface area contributed by atoms with E-state index in [1.54, 1.807) is 0 Å². The molecule has 0 rings (SSSR count). The molecule has 0 amide bonds. The number of quaternary nitrogens is 1. The number of carbonyl (C=O) groups excluding carboxylic acids is 2. The fourth-order valence-corrected chi connectivity index (χ4v) is 10.9. The van der Waals surface area contributed by atoms with Crippen LogP contribution in [0.2, 0.25) is 0 Å². The number of phosphoric ester groups is 1. The summed E-state index contributed by atoms with van der Waals surface area (Å²) in [7, 11) is 1.17. The SMILES string of the molecule is CC/C=C\C/C=C\C/C=C\C/C=C\C/C=C\CCCCCCCCCCCCCC(=O)OC(COC(=O)CCCCCCCCCCCCCCCCCCCCCCCCCCCCCCCCC)COP(=O)([O-])OCC[N+](C)(C)C. The molecule has 0 aromatic heterocycles. The first kappa shape index (κ1) is 79.7. The van der Waals surface area contributed by atoms with E-state index in [9.17, 15) is 19.0 Å². The number of rotatable bonds is 65. The highest BCUT2D eigenvalue weighted by molar-refractivity contribution is 7.45. The van der Waals surface area contributed by atoms with Crippen LogP contribution in [0.3, 0.4) is 0 Å². The molecule has 0 saturated carbocycles. The smallest absolute Gasteiger partial charge is 0.306 e. The van der Waals surface area contributed by atoms with Crippen LogP contribution in [0.15, 0.2) is 60.8 Å². The van der Waals surface area contributed by atoms with Crippen molar-refractivity contribution in [2.75, 3.05) is 47.5 Å². The molecule has 10 heteroatoms. The van der Waals surface area contributed by atoms with E-state index in [1.165, 1.54) is 225 Å². The first-order chi connectivity index (χ1) is 40.0. The molecular formula is C72H134NO8P. The first-order valence-corrected chi connectivity index (χ1v) is 36.5. The van der Waals surface area contributed by atoms with Gasteiger partial charge in [0, 0.05) is 12.8 Å². The molecule has 0 aromatic carbocycles. The van der Waals surface area contributed by atoms with E-state index in [2.05, 4.69) is 74.6 Å². The quantitative estimate of drug-likeness (QED) is 0.0195. The summed E-state index contributed by atoms with van der Waals surface area (Å²) in [5, 5.41) is 0. The highest BCUT2D eigenvalue weighted by Gasteiger charge is 2.22. The van der Waals surface area contributed by atoms with Crippen LogP contribution in [-0.4, -0.2) is 70.0 Å². The maximum absolute atomic E-state index is 12.9. The van der Waals surface area contributed by atoms with Gasteiger partial charge in [-0.15, -0.1) is 0 Å². The number of unbranched alkanes of at least 4 members (excludes halogenated alkanes) is 41. The molecule has 0 aromatic rings. The fourth-order valence-electron chi connectivity index (χ4n) is 10.2. The second-order valence-corrected chi connectivity index (χ2v) is 26.3. The van der Waals surface area contributed by atoms with Gasteiger partial charge in [-0.05, 0) is 57.8 Å². The van der Waals surface area contributed by atoms with Gasteiger partial charge in [-0.1, -0.05) is 325 Å². The number of allylic oxidation sites excluding steroid dienone is 10. The molecule has 0 fully saturated rings. The van der Waals surface area contributed by atoms with Gasteiger partial charge in [0.1, 0.15) is 19.8 Å². The molecular weight excluding hydrogens is 1040 g/mol. The second-order valence-electron chi connectivity index (χ2n) is 24.9. The molecule has 0 spiro atoms. The third-order valence-electron chi connectivity index (χ3n) is 15.6. The van der Waals surface area contributed by atoms with Gasteiger partial charge >= 0.3 is 11.9 Å². The third kappa shape index (κ3) is 66.8. The van der Waals surface area contributed by atoms with Crippen molar-refractivity contribution in [2.24, 2.45) is 0 Å². The molecule has 82 heavy (non-hydrogen) atoms. The highest BCUT2D eigenvalue weighted by atomic mass is 31.2. The minimum absolute atomic E-state index is 0.0313. The number of esters is 2. The highest BCUT2D eigenvalue weighted by Crippen LogP contribution is 2.38. The molecule has 0 radical (unpaired) electrons. The number of hydrogen-bond donors (Lipinski definition) is 0. The number of nitrogens with zero attached hydrogens (tertiary/aromatic N) is 1. The van der Waals surface area contributed by atoms with Crippen LogP contribution < -0.4 is 4.89 Å². The lowest BCUT2D eigenvalue weighted by molar-refractivity contribution is -0.870. The van der Waals surface area contributed by atoms with Crippen molar-refractivity contribution in [1.29, 1.82) is 0 Å². The van der Waals surface area contributed by atoms with Crippen LogP contribution in [0.4, 0.5) is 0 Å². The van der Waals surface area contributed by atoms with Gasteiger partial charge in [-0.2, -0.15) is 0 Å². The summed E-state index contributed by atoms with van der Waals surface area (Å²) in [6.45, 7) is 4.18. The molecule has 9 nitrogen and oxygen atoms in total. The third-order valence-corrected chi connectivity index (χ3v) is 16.5. The Hall–Kier alpha value is -2.29. The van der Waals surface area contributed by atoms with Gasteiger partial charge in [0.25, 0.3) is 7.82 Å². The molecule has 2 atom stereocenters. The molecule has 2 unspecified atom stereocenters. The monoisotopic (exact) mass is 1170 g/mol. The molecule has 0 bridgehead atoms. The van der Waals surface area contributed by atoms with E-state index >= 15 is 0 Å². The number of phosphoric acid groups is 1. The van der Waals surface area contributed by atoms with Gasteiger partial charge in [-0.25, -0.2) is 0 Å². The van der Waals surface area contributed by atoms with Crippen LogP contribution in [0.5, 0.6) is 0 Å². The zero-order valence-corrected chi connectivity index (χ0v) is 55.6. The maximum Gasteiger partial charge on any atom is 0.306 e. The largest absolute Gasteiger partial charge is 0.756 e. The van der Waals surface area contributed by atoms with Crippen LogP contribution in [-0.2, 0) is 32.7 Å².